The van der Waals surface area contributed by atoms with Crippen LogP contribution in [0.25, 0.3) is 0 Å². The Labute approximate surface area is 97.4 Å². The molecule has 1 N–H and O–H groups in total. The largest absolute Gasteiger partial charge is 0.496 e. The van der Waals surface area contributed by atoms with Crippen LogP contribution in [0.15, 0.2) is 12.1 Å². The topological polar surface area (TPSA) is 21.3 Å². The number of hydrogen-bond donors (Lipinski definition) is 2. The second-order valence-electron chi connectivity index (χ2n) is 3.66. The smallest absolute Gasteiger partial charge is 0.122 e. The molecule has 84 valence electrons. The number of rotatable bonds is 5. The molecule has 0 amide bonds. The molecule has 0 unspecified atom stereocenters. The molecule has 1 aromatic rings. The Morgan fingerprint density at radius 2 is 1.93 bits per heavy atom. The third kappa shape index (κ3) is 3.43. The van der Waals surface area contributed by atoms with E-state index in [9.17, 15) is 0 Å². The van der Waals surface area contributed by atoms with E-state index < -0.39 is 0 Å². The lowest BCUT2D eigenvalue weighted by molar-refractivity contribution is 0.409. The van der Waals surface area contributed by atoms with Crippen molar-refractivity contribution >= 4 is 12.6 Å². The first-order valence-corrected chi connectivity index (χ1v) is 5.78. The van der Waals surface area contributed by atoms with E-state index in [-0.39, 0.29) is 0 Å². The summed E-state index contributed by atoms with van der Waals surface area (Å²) in [5, 5.41) is 3.19. The second-order valence-corrected chi connectivity index (χ2v) is 3.97. The minimum absolute atomic E-state index is 0.715. The van der Waals surface area contributed by atoms with Crippen molar-refractivity contribution in [3.8, 4) is 5.75 Å². The summed E-state index contributed by atoms with van der Waals surface area (Å²) in [4.78, 5) is 0. The van der Waals surface area contributed by atoms with Crippen molar-refractivity contribution in [3.63, 3.8) is 0 Å². The Hall–Kier alpha value is -0.670. The molecule has 3 heteroatoms. The van der Waals surface area contributed by atoms with E-state index >= 15 is 0 Å². The molecule has 0 bridgehead atoms. The van der Waals surface area contributed by atoms with Crippen LogP contribution in [0.1, 0.15) is 16.7 Å². The van der Waals surface area contributed by atoms with E-state index in [2.05, 4.69) is 43.9 Å². The van der Waals surface area contributed by atoms with Crippen LogP contribution in [-0.4, -0.2) is 19.5 Å². The molecule has 0 atom stereocenters. The molecule has 0 saturated heterocycles. The van der Waals surface area contributed by atoms with Crippen molar-refractivity contribution in [1.29, 1.82) is 0 Å². The third-order valence-electron chi connectivity index (χ3n) is 2.58. The molecular weight excluding hydrogens is 206 g/mol. The van der Waals surface area contributed by atoms with Crippen molar-refractivity contribution in [2.45, 2.75) is 20.3 Å². The third-order valence-corrected chi connectivity index (χ3v) is 2.80. The molecule has 2 nitrogen and oxygen atoms in total. The molecule has 0 saturated carbocycles. The number of benzene rings is 1. The van der Waals surface area contributed by atoms with Crippen LogP contribution in [0.4, 0.5) is 0 Å². The van der Waals surface area contributed by atoms with Crippen LogP contribution in [0.5, 0.6) is 5.75 Å². The normalized spacial score (nSPS) is 10.4. The molecule has 0 radical (unpaired) electrons. The van der Waals surface area contributed by atoms with Crippen LogP contribution >= 0.6 is 12.6 Å². The second kappa shape index (κ2) is 6.03. The minimum Gasteiger partial charge on any atom is -0.496 e. The van der Waals surface area contributed by atoms with Gasteiger partial charge in [-0.15, -0.1) is 0 Å². The predicted octanol–water partition coefficient (Wildman–Crippen LogP) is 2.33. The van der Waals surface area contributed by atoms with Crippen molar-refractivity contribution in [3.05, 3.63) is 28.8 Å². The van der Waals surface area contributed by atoms with Crippen molar-refractivity contribution < 1.29 is 4.74 Å². The van der Waals surface area contributed by atoms with Gasteiger partial charge in [0.2, 0.25) is 0 Å². The van der Waals surface area contributed by atoms with Gasteiger partial charge in [0.25, 0.3) is 0 Å². The lowest BCUT2D eigenvalue weighted by atomic mass is 10.0. The lowest BCUT2D eigenvalue weighted by Gasteiger charge is -2.11. The fraction of sp³-hybridized carbons (Fsp3) is 0.500. The van der Waals surface area contributed by atoms with Crippen LogP contribution in [0.2, 0.25) is 0 Å². The number of ether oxygens (including phenoxy) is 1. The number of nitrogens with one attached hydrogen (secondary N) is 1. The predicted molar refractivity (Wildman–Crippen MR) is 68.0 cm³/mol. The molecule has 0 aromatic heterocycles. The summed E-state index contributed by atoms with van der Waals surface area (Å²) < 4.78 is 5.36. The SMILES string of the molecule is COc1cc(C)c(C)cc1CCNCS. The Morgan fingerprint density at radius 1 is 1.27 bits per heavy atom. The van der Waals surface area contributed by atoms with Crippen LogP contribution in [-0.2, 0) is 6.42 Å². The molecule has 0 aliphatic heterocycles. The first-order valence-electron chi connectivity index (χ1n) is 5.14. The molecule has 0 heterocycles. The summed E-state index contributed by atoms with van der Waals surface area (Å²) in [6, 6.07) is 4.31. The maximum Gasteiger partial charge on any atom is 0.122 e. The van der Waals surface area contributed by atoms with Gasteiger partial charge in [-0.3, -0.25) is 0 Å². The van der Waals surface area contributed by atoms with Crippen LogP contribution < -0.4 is 10.1 Å². The van der Waals surface area contributed by atoms with Gasteiger partial charge in [-0.1, -0.05) is 6.07 Å². The van der Waals surface area contributed by atoms with Gasteiger partial charge in [0.1, 0.15) is 5.75 Å². The lowest BCUT2D eigenvalue weighted by Crippen LogP contribution is -2.15. The Kier molecular flexibility index (Phi) is 4.99. The quantitative estimate of drug-likeness (QED) is 0.456. The van der Waals surface area contributed by atoms with Crippen LogP contribution in [0.3, 0.4) is 0 Å². The molecule has 15 heavy (non-hydrogen) atoms. The number of thiol groups is 1. The molecule has 0 spiro atoms. The van der Waals surface area contributed by atoms with Gasteiger partial charge in [0.15, 0.2) is 0 Å². The van der Waals surface area contributed by atoms with Gasteiger partial charge in [-0.05, 0) is 43.0 Å². The molecule has 0 aliphatic carbocycles. The molecule has 0 aliphatic rings. The maximum atomic E-state index is 5.36. The fourth-order valence-electron chi connectivity index (χ4n) is 1.54. The summed E-state index contributed by atoms with van der Waals surface area (Å²) in [6.07, 6.45) is 0.977. The van der Waals surface area contributed by atoms with Gasteiger partial charge in [0.05, 0.1) is 7.11 Å². The Morgan fingerprint density at radius 3 is 2.53 bits per heavy atom. The average Bonchev–Trinajstić information content (AvgIpc) is 2.23. The zero-order chi connectivity index (χ0) is 11.3. The van der Waals surface area contributed by atoms with Gasteiger partial charge >= 0.3 is 0 Å². The minimum atomic E-state index is 0.715. The van der Waals surface area contributed by atoms with Crippen LogP contribution in [0, 0.1) is 13.8 Å². The Balaban J connectivity index is 2.80. The first kappa shape index (κ1) is 12.4. The summed E-state index contributed by atoms with van der Waals surface area (Å²) in [5.74, 6) is 1.70. The fourth-order valence-corrected chi connectivity index (χ4v) is 1.70. The van der Waals surface area contributed by atoms with Gasteiger partial charge in [0, 0.05) is 12.4 Å². The van der Waals surface area contributed by atoms with Gasteiger partial charge in [-0.2, -0.15) is 12.6 Å². The number of hydrogen-bond acceptors (Lipinski definition) is 3. The highest BCUT2D eigenvalue weighted by molar-refractivity contribution is 7.80. The summed E-state index contributed by atoms with van der Waals surface area (Å²) in [7, 11) is 1.72. The Bertz CT molecular complexity index is 326. The molecule has 1 rings (SSSR count). The standard InChI is InChI=1S/C12H19NOS/c1-9-6-11(4-5-13-8-15)12(14-3)7-10(9)2/h6-7,13,15H,4-5,8H2,1-3H3. The molecule has 1 aromatic carbocycles. The zero-order valence-electron chi connectivity index (χ0n) is 9.63. The highest BCUT2D eigenvalue weighted by atomic mass is 32.1. The number of aryl methyl sites for hydroxylation is 2. The maximum absolute atomic E-state index is 5.36. The highest BCUT2D eigenvalue weighted by Crippen LogP contribution is 2.23. The van der Waals surface area contributed by atoms with E-state index in [0.29, 0.717) is 5.88 Å². The van der Waals surface area contributed by atoms with Crippen molar-refractivity contribution in [1.82, 2.24) is 5.32 Å². The summed E-state index contributed by atoms with van der Waals surface area (Å²) in [5.41, 5.74) is 3.85. The zero-order valence-corrected chi connectivity index (χ0v) is 10.5. The summed E-state index contributed by atoms with van der Waals surface area (Å²) >= 11 is 4.11. The first-order chi connectivity index (χ1) is 7.19. The average molecular weight is 225 g/mol. The van der Waals surface area contributed by atoms with E-state index in [1.54, 1.807) is 7.11 Å². The monoisotopic (exact) mass is 225 g/mol. The summed E-state index contributed by atoms with van der Waals surface area (Å²) in [6.45, 7) is 5.17. The van der Waals surface area contributed by atoms with Crippen molar-refractivity contribution in [2.24, 2.45) is 0 Å². The van der Waals surface area contributed by atoms with E-state index in [1.165, 1.54) is 16.7 Å². The highest BCUT2D eigenvalue weighted by Gasteiger charge is 2.05. The molecular formula is C12H19NOS. The van der Waals surface area contributed by atoms with E-state index in [0.717, 1.165) is 18.7 Å². The number of methoxy groups -OCH3 is 1. The van der Waals surface area contributed by atoms with E-state index in [1.807, 2.05) is 0 Å². The molecule has 0 fully saturated rings. The van der Waals surface area contributed by atoms with Gasteiger partial charge < -0.3 is 10.1 Å². The van der Waals surface area contributed by atoms with Gasteiger partial charge in [-0.25, -0.2) is 0 Å². The van der Waals surface area contributed by atoms with E-state index in [4.69, 9.17) is 4.74 Å². The van der Waals surface area contributed by atoms with Crippen molar-refractivity contribution in [2.75, 3.05) is 19.5 Å².